The Morgan fingerprint density at radius 2 is 0.913 bits per heavy atom. The summed E-state index contributed by atoms with van der Waals surface area (Å²) in [7, 11) is 0. The lowest BCUT2D eigenvalue weighted by molar-refractivity contribution is -0.150. The molecule has 0 aliphatic heterocycles. The normalized spacial score (nSPS) is 11.5. The van der Waals surface area contributed by atoms with Crippen LogP contribution in [0.1, 0.15) is 207 Å². The summed E-state index contributed by atoms with van der Waals surface area (Å²) in [6.45, 7) is 10.1. The van der Waals surface area contributed by atoms with Crippen molar-refractivity contribution >= 4 is 11.9 Å². The Morgan fingerprint density at radius 1 is 0.500 bits per heavy atom. The summed E-state index contributed by atoms with van der Waals surface area (Å²) in [5.74, 6) is -0.0639. The number of aliphatic hydroxyl groups excluding tert-OH is 1. The summed E-state index contributed by atoms with van der Waals surface area (Å²) < 4.78 is 11.4. The molecule has 6 heteroatoms. The number of unbranched alkanes of at least 4 members (excludes halogenated alkanes) is 20. The van der Waals surface area contributed by atoms with Crippen molar-refractivity contribution < 1.29 is 24.2 Å². The second kappa shape index (κ2) is 36.7. The Morgan fingerprint density at radius 3 is 1.43 bits per heavy atom. The molecule has 0 aliphatic rings. The van der Waals surface area contributed by atoms with Crippen LogP contribution in [0, 0.1) is 0 Å². The Kier molecular flexibility index (Phi) is 35.8. The van der Waals surface area contributed by atoms with Gasteiger partial charge in [0.05, 0.1) is 13.2 Å². The molecule has 0 bridgehead atoms. The minimum absolute atomic E-state index is 0.00448. The maximum absolute atomic E-state index is 12.7. The van der Waals surface area contributed by atoms with Crippen molar-refractivity contribution in [3.05, 3.63) is 0 Å². The second-order valence-corrected chi connectivity index (χ2v) is 13.8. The first kappa shape index (κ1) is 44.9. The van der Waals surface area contributed by atoms with E-state index < -0.39 is 0 Å². The van der Waals surface area contributed by atoms with Gasteiger partial charge in [-0.15, -0.1) is 0 Å². The molecule has 0 rings (SSSR count). The lowest BCUT2D eigenvalue weighted by Gasteiger charge is -2.21. The molecule has 6 nitrogen and oxygen atoms in total. The molecule has 0 spiro atoms. The first-order valence-electron chi connectivity index (χ1n) is 20.3. The number of nitrogens with zero attached hydrogens (tertiary/aromatic N) is 1. The standard InChI is InChI=1S/C40H79NO5/c1-4-7-10-13-16-22-29-38(30-23-17-14-11-8-5-2)46-40(44)32-24-18-19-26-33-41(35-36-42)34-27-21-25-31-39(43)45-37-28-20-15-12-9-6-3/h38,42H,4-37H2,1-3H3. The summed E-state index contributed by atoms with van der Waals surface area (Å²) in [5, 5.41) is 9.50. The molecule has 0 aromatic heterocycles. The van der Waals surface area contributed by atoms with Gasteiger partial charge < -0.3 is 19.5 Å². The molecule has 0 aromatic carbocycles. The molecule has 274 valence electrons. The Balaban J connectivity index is 4.05. The highest BCUT2D eigenvalue weighted by atomic mass is 16.5. The predicted molar refractivity (Wildman–Crippen MR) is 195 cm³/mol. The largest absolute Gasteiger partial charge is 0.466 e. The SMILES string of the molecule is CCCCCCCCOC(=O)CCCCCN(CCO)CCCCCCC(=O)OC(CCCCCCCC)CCCCCCCC. The highest BCUT2D eigenvalue weighted by molar-refractivity contribution is 5.69. The number of carbonyl (C=O) groups excluding carboxylic acids is 2. The molecule has 0 aromatic rings. The first-order chi connectivity index (χ1) is 22.6. The fourth-order valence-corrected chi connectivity index (χ4v) is 6.17. The molecule has 0 amide bonds. The number of aliphatic hydroxyl groups is 1. The van der Waals surface area contributed by atoms with Crippen LogP contribution in [0.2, 0.25) is 0 Å². The maximum atomic E-state index is 12.7. The van der Waals surface area contributed by atoms with Crippen molar-refractivity contribution in [3.8, 4) is 0 Å². The highest BCUT2D eigenvalue weighted by Crippen LogP contribution is 2.18. The number of carbonyl (C=O) groups is 2. The molecule has 0 heterocycles. The van der Waals surface area contributed by atoms with E-state index in [9.17, 15) is 14.7 Å². The van der Waals surface area contributed by atoms with Gasteiger partial charge in [0.25, 0.3) is 0 Å². The van der Waals surface area contributed by atoms with Crippen molar-refractivity contribution in [1.82, 2.24) is 4.90 Å². The van der Waals surface area contributed by atoms with Crippen LogP contribution in [0.4, 0.5) is 0 Å². The van der Waals surface area contributed by atoms with Crippen LogP contribution in [0.25, 0.3) is 0 Å². The lowest BCUT2D eigenvalue weighted by Crippen LogP contribution is -2.29. The molecule has 46 heavy (non-hydrogen) atoms. The zero-order chi connectivity index (χ0) is 33.8. The monoisotopic (exact) mass is 654 g/mol. The van der Waals surface area contributed by atoms with Crippen molar-refractivity contribution in [2.75, 3.05) is 32.8 Å². The molecule has 0 unspecified atom stereocenters. The third-order valence-corrected chi connectivity index (χ3v) is 9.20. The topological polar surface area (TPSA) is 76.1 Å². The van der Waals surface area contributed by atoms with E-state index in [0.717, 1.165) is 83.7 Å². The third kappa shape index (κ3) is 32.8. The van der Waals surface area contributed by atoms with Gasteiger partial charge in [-0.1, -0.05) is 136 Å². The van der Waals surface area contributed by atoms with Gasteiger partial charge in [-0.3, -0.25) is 9.59 Å². The van der Waals surface area contributed by atoms with Gasteiger partial charge in [-0.05, 0) is 70.9 Å². The Bertz CT molecular complexity index is 627. The van der Waals surface area contributed by atoms with E-state index in [1.807, 2.05) is 0 Å². The molecule has 0 saturated heterocycles. The molecule has 0 fully saturated rings. The van der Waals surface area contributed by atoms with Crippen molar-refractivity contribution in [1.29, 1.82) is 0 Å². The van der Waals surface area contributed by atoms with Gasteiger partial charge >= 0.3 is 11.9 Å². The van der Waals surface area contributed by atoms with Gasteiger partial charge in [-0.2, -0.15) is 0 Å². The quantitative estimate of drug-likeness (QED) is 0.0531. The Labute approximate surface area is 286 Å². The average molecular weight is 654 g/mol. The van der Waals surface area contributed by atoms with E-state index in [4.69, 9.17) is 9.47 Å². The highest BCUT2D eigenvalue weighted by Gasteiger charge is 2.14. The van der Waals surface area contributed by atoms with Crippen LogP contribution in [0.5, 0.6) is 0 Å². The van der Waals surface area contributed by atoms with E-state index in [0.29, 0.717) is 26.0 Å². The minimum Gasteiger partial charge on any atom is -0.466 e. The van der Waals surface area contributed by atoms with Crippen LogP contribution >= 0.6 is 0 Å². The van der Waals surface area contributed by atoms with Crippen LogP contribution in [-0.4, -0.2) is 60.9 Å². The molecule has 0 aliphatic carbocycles. The van der Waals surface area contributed by atoms with E-state index >= 15 is 0 Å². The molecule has 0 saturated carbocycles. The number of esters is 2. The fourth-order valence-electron chi connectivity index (χ4n) is 6.17. The second-order valence-electron chi connectivity index (χ2n) is 13.8. The lowest BCUT2D eigenvalue weighted by atomic mass is 10.0. The van der Waals surface area contributed by atoms with Crippen molar-refractivity contribution in [2.45, 2.75) is 213 Å². The number of hydrogen-bond acceptors (Lipinski definition) is 6. The smallest absolute Gasteiger partial charge is 0.306 e. The zero-order valence-electron chi connectivity index (χ0n) is 31.1. The molecular formula is C40H79NO5. The molecule has 1 N–H and O–H groups in total. The van der Waals surface area contributed by atoms with Gasteiger partial charge in [0.2, 0.25) is 0 Å². The fraction of sp³-hybridized carbons (Fsp3) is 0.950. The maximum Gasteiger partial charge on any atom is 0.306 e. The van der Waals surface area contributed by atoms with Crippen molar-refractivity contribution in [2.24, 2.45) is 0 Å². The summed E-state index contributed by atoms with van der Waals surface area (Å²) in [4.78, 5) is 27.0. The zero-order valence-corrected chi connectivity index (χ0v) is 31.1. The summed E-state index contributed by atoms with van der Waals surface area (Å²) in [6, 6.07) is 0. The summed E-state index contributed by atoms with van der Waals surface area (Å²) in [5.41, 5.74) is 0. The van der Waals surface area contributed by atoms with Crippen LogP contribution in [-0.2, 0) is 19.1 Å². The van der Waals surface area contributed by atoms with Crippen molar-refractivity contribution in [3.63, 3.8) is 0 Å². The van der Waals surface area contributed by atoms with Crippen LogP contribution in [0.3, 0.4) is 0 Å². The minimum atomic E-state index is -0.0595. The predicted octanol–water partition coefficient (Wildman–Crippen LogP) is 11.1. The third-order valence-electron chi connectivity index (χ3n) is 9.20. The summed E-state index contributed by atoms with van der Waals surface area (Å²) in [6.07, 6.45) is 32.8. The molecule has 0 radical (unpaired) electrons. The van der Waals surface area contributed by atoms with E-state index in [1.54, 1.807) is 0 Å². The van der Waals surface area contributed by atoms with Gasteiger partial charge in [0.1, 0.15) is 6.10 Å². The number of ether oxygens (including phenoxy) is 2. The first-order valence-corrected chi connectivity index (χ1v) is 20.3. The molecular weight excluding hydrogens is 574 g/mol. The number of hydrogen-bond donors (Lipinski definition) is 1. The summed E-state index contributed by atoms with van der Waals surface area (Å²) >= 11 is 0. The van der Waals surface area contributed by atoms with Gasteiger partial charge in [0, 0.05) is 19.4 Å². The molecule has 0 atom stereocenters. The van der Waals surface area contributed by atoms with E-state index in [-0.39, 0.29) is 24.6 Å². The Hall–Kier alpha value is -1.14. The van der Waals surface area contributed by atoms with Gasteiger partial charge in [-0.25, -0.2) is 0 Å². The van der Waals surface area contributed by atoms with E-state index in [1.165, 1.54) is 103 Å². The van der Waals surface area contributed by atoms with Crippen LogP contribution < -0.4 is 0 Å². The number of rotatable bonds is 37. The van der Waals surface area contributed by atoms with E-state index in [2.05, 4.69) is 25.7 Å². The average Bonchev–Trinajstić information content (AvgIpc) is 3.05. The van der Waals surface area contributed by atoms with Gasteiger partial charge in [0.15, 0.2) is 0 Å². The van der Waals surface area contributed by atoms with Crippen LogP contribution in [0.15, 0.2) is 0 Å².